The predicted octanol–water partition coefficient (Wildman–Crippen LogP) is 1.68. The lowest BCUT2D eigenvalue weighted by Gasteiger charge is -2.25. The van der Waals surface area contributed by atoms with E-state index < -0.39 is 0 Å². The number of rotatable bonds is 7. The molecule has 168 valence electrons. The van der Waals surface area contributed by atoms with Gasteiger partial charge in [0.25, 0.3) is 11.8 Å². The molecule has 5 N–H and O–H groups in total. The van der Waals surface area contributed by atoms with Gasteiger partial charge in [-0.05, 0) is 41.2 Å². The maximum Gasteiger partial charge on any atom is 0.273 e. The molecule has 1 saturated carbocycles. The molecule has 0 saturated heterocycles. The normalized spacial score (nSPS) is 15.2. The van der Waals surface area contributed by atoms with Crippen molar-refractivity contribution in [3.8, 4) is 0 Å². The fourth-order valence-electron chi connectivity index (χ4n) is 4.10. The van der Waals surface area contributed by atoms with Gasteiger partial charge in [-0.25, -0.2) is 20.4 Å². The second kappa shape index (κ2) is 9.25. The maximum absolute atomic E-state index is 13.2. The van der Waals surface area contributed by atoms with E-state index in [4.69, 9.17) is 0 Å². The minimum Gasteiger partial charge on any atom is -0.350 e. The lowest BCUT2D eigenvalue weighted by Crippen LogP contribution is -2.96. The summed E-state index contributed by atoms with van der Waals surface area (Å²) in [6.45, 7) is 1.30. The number of nitrogens with zero attached hydrogens (tertiary/aromatic N) is 3. The zero-order chi connectivity index (χ0) is 22.6. The van der Waals surface area contributed by atoms with Crippen LogP contribution in [-0.2, 0) is 6.54 Å². The predicted molar refractivity (Wildman–Crippen MR) is 123 cm³/mol. The van der Waals surface area contributed by atoms with Crippen molar-refractivity contribution < 1.29 is 15.1 Å². The molecule has 0 bridgehead atoms. The Morgan fingerprint density at radius 2 is 1.88 bits per heavy atom. The molecule has 0 unspecified atom stereocenters. The summed E-state index contributed by atoms with van der Waals surface area (Å²) in [4.78, 5) is 34.3. The van der Waals surface area contributed by atoms with E-state index >= 15 is 0 Å². The number of hydrogen-bond acceptors (Lipinski definition) is 6. The van der Waals surface area contributed by atoms with Crippen LogP contribution in [0.2, 0.25) is 0 Å². The number of nitrogens with one attached hydrogen (secondary N) is 3. The van der Waals surface area contributed by atoms with Gasteiger partial charge in [-0.1, -0.05) is 36.8 Å². The van der Waals surface area contributed by atoms with Gasteiger partial charge in [0.15, 0.2) is 11.5 Å². The summed E-state index contributed by atoms with van der Waals surface area (Å²) in [5, 5.41) is 9.58. The number of fused-ring (bicyclic) bond motifs is 1. The first-order valence-electron chi connectivity index (χ1n) is 11.1. The van der Waals surface area contributed by atoms with E-state index in [1.54, 1.807) is 0 Å². The third-order valence-electron chi connectivity index (χ3n) is 6.14. The number of amides is 2. The zero-order valence-corrected chi connectivity index (χ0v) is 18.1. The molecular weight excluding hydrogens is 418 g/mol. The Labute approximate surface area is 191 Å². The van der Waals surface area contributed by atoms with Crippen molar-refractivity contribution in [2.24, 2.45) is 5.92 Å². The number of quaternary nitrogens is 1. The third kappa shape index (κ3) is 4.49. The van der Waals surface area contributed by atoms with E-state index in [1.807, 2.05) is 59.3 Å². The number of aromatic nitrogens is 2. The van der Waals surface area contributed by atoms with Crippen molar-refractivity contribution in [1.29, 1.82) is 0 Å². The first-order valence-corrected chi connectivity index (χ1v) is 11.1. The fourth-order valence-corrected chi connectivity index (χ4v) is 4.10. The molecule has 2 amide bonds. The quantitative estimate of drug-likeness (QED) is 0.412. The molecule has 3 aromatic rings. The van der Waals surface area contributed by atoms with Crippen LogP contribution < -0.4 is 21.6 Å². The van der Waals surface area contributed by atoms with Crippen LogP contribution in [0.4, 0.5) is 5.82 Å². The molecule has 0 radical (unpaired) electrons. The van der Waals surface area contributed by atoms with Gasteiger partial charge in [-0.15, -0.1) is 5.53 Å². The molecule has 9 heteroatoms. The number of benzene rings is 2. The van der Waals surface area contributed by atoms with Crippen LogP contribution in [0.3, 0.4) is 0 Å². The largest absolute Gasteiger partial charge is 0.350 e. The minimum atomic E-state index is -0.333. The van der Waals surface area contributed by atoms with Crippen molar-refractivity contribution in [2.45, 2.75) is 25.8 Å². The molecule has 1 aliphatic carbocycles. The highest BCUT2D eigenvalue weighted by Gasteiger charge is 2.22. The number of carbonyl (C=O) groups is 2. The molecule has 0 spiro atoms. The third-order valence-corrected chi connectivity index (χ3v) is 6.14. The standard InChI is InChI=1S/C24H25N7O2/c32-23(29-22-21(25-10-11-26-22)24(33)27-14-16-4-3-5-16)20-9-8-17(15-31-13-12-28-30-31)18-6-1-2-7-19(18)20/h1-2,6-13,16,28,30H,3-5,14-15H2,(H,27,33)(H,26,29,32)/p+1. The van der Waals surface area contributed by atoms with Gasteiger partial charge in [0, 0.05) is 24.5 Å². The number of carbonyl (C=O) groups excluding carboxylic acids is 2. The zero-order valence-electron chi connectivity index (χ0n) is 18.1. The van der Waals surface area contributed by atoms with Gasteiger partial charge in [0.1, 0.15) is 0 Å². The van der Waals surface area contributed by atoms with E-state index in [2.05, 4.69) is 26.0 Å². The van der Waals surface area contributed by atoms with Gasteiger partial charge in [-0.3, -0.25) is 9.59 Å². The summed E-state index contributed by atoms with van der Waals surface area (Å²) in [5.41, 5.74) is 6.67. The lowest BCUT2D eigenvalue weighted by molar-refractivity contribution is -0.824. The van der Waals surface area contributed by atoms with Crippen molar-refractivity contribution in [3.63, 3.8) is 0 Å². The van der Waals surface area contributed by atoms with Crippen LogP contribution >= 0.6 is 0 Å². The second-order valence-electron chi connectivity index (χ2n) is 8.32. The SMILES string of the molecule is O=C(NCC1CCC1)c1nccnc1NC(=O)c1ccc(CN2C=CN[NH2+]2)c2ccccc12. The van der Waals surface area contributed by atoms with Crippen LogP contribution in [0.15, 0.2) is 61.2 Å². The molecule has 5 rings (SSSR count). The van der Waals surface area contributed by atoms with Crippen LogP contribution in [0.1, 0.15) is 45.7 Å². The van der Waals surface area contributed by atoms with Crippen molar-refractivity contribution >= 4 is 28.4 Å². The topological polar surface area (TPSA) is 116 Å². The Bertz CT molecular complexity index is 1220. The van der Waals surface area contributed by atoms with Gasteiger partial charge in [0.05, 0.1) is 18.9 Å². The summed E-state index contributed by atoms with van der Waals surface area (Å²) in [5.74, 6) is 0.0252. The highest BCUT2D eigenvalue weighted by molar-refractivity contribution is 6.14. The van der Waals surface area contributed by atoms with Crippen molar-refractivity contribution in [2.75, 3.05) is 11.9 Å². The molecule has 33 heavy (non-hydrogen) atoms. The Morgan fingerprint density at radius 1 is 1.06 bits per heavy atom. The Balaban J connectivity index is 1.37. The first kappa shape index (κ1) is 20.9. The molecule has 9 nitrogen and oxygen atoms in total. The monoisotopic (exact) mass is 444 g/mol. The van der Waals surface area contributed by atoms with Crippen LogP contribution in [0.5, 0.6) is 0 Å². The lowest BCUT2D eigenvalue weighted by atomic mass is 9.85. The molecule has 1 aromatic heterocycles. The minimum absolute atomic E-state index is 0.120. The second-order valence-corrected chi connectivity index (χ2v) is 8.32. The number of hydrogen-bond donors (Lipinski definition) is 4. The smallest absolute Gasteiger partial charge is 0.273 e. The van der Waals surface area contributed by atoms with Crippen molar-refractivity contribution in [1.82, 2.24) is 25.7 Å². The van der Waals surface area contributed by atoms with Crippen LogP contribution in [0, 0.1) is 5.92 Å². The molecule has 2 heterocycles. The van der Waals surface area contributed by atoms with E-state index in [0.717, 1.165) is 29.2 Å². The Kier molecular flexibility index (Phi) is 5.86. The Hall–Kier alpha value is -3.98. The average Bonchev–Trinajstić information content (AvgIpc) is 3.31. The first-order chi connectivity index (χ1) is 16.2. The van der Waals surface area contributed by atoms with Gasteiger partial charge < -0.3 is 10.6 Å². The average molecular weight is 445 g/mol. The molecule has 2 aliphatic rings. The highest BCUT2D eigenvalue weighted by atomic mass is 16.2. The molecule has 2 aromatic carbocycles. The summed E-state index contributed by atoms with van der Waals surface area (Å²) >= 11 is 0. The van der Waals surface area contributed by atoms with Crippen LogP contribution in [-0.4, -0.2) is 33.3 Å². The Morgan fingerprint density at radius 3 is 2.64 bits per heavy atom. The van der Waals surface area contributed by atoms with Gasteiger partial charge in [0.2, 0.25) is 0 Å². The van der Waals surface area contributed by atoms with E-state index in [1.165, 1.54) is 18.8 Å². The number of anilines is 1. The van der Waals surface area contributed by atoms with E-state index in [9.17, 15) is 9.59 Å². The molecule has 1 aliphatic heterocycles. The summed E-state index contributed by atoms with van der Waals surface area (Å²) < 4.78 is 0. The fraction of sp³-hybridized carbons (Fsp3) is 0.250. The van der Waals surface area contributed by atoms with E-state index in [0.29, 0.717) is 24.6 Å². The molecular formula is C24H26N7O2+. The maximum atomic E-state index is 13.2. The number of nitrogens with two attached hydrogens (primary N) is 1. The highest BCUT2D eigenvalue weighted by Crippen LogP contribution is 2.26. The van der Waals surface area contributed by atoms with Gasteiger partial charge >= 0.3 is 0 Å². The van der Waals surface area contributed by atoms with E-state index in [-0.39, 0.29) is 23.3 Å². The summed E-state index contributed by atoms with van der Waals surface area (Å²) in [7, 11) is 0. The summed E-state index contributed by atoms with van der Waals surface area (Å²) in [6.07, 6.45) is 10.2. The molecule has 0 atom stereocenters. The molecule has 1 fully saturated rings. The summed E-state index contributed by atoms with van der Waals surface area (Å²) in [6, 6.07) is 11.6. The van der Waals surface area contributed by atoms with Gasteiger partial charge in [-0.2, -0.15) is 0 Å². The van der Waals surface area contributed by atoms with Crippen LogP contribution in [0.25, 0.3) is 10.8 Å². The van der Waals surface area contributed by atoms with Crippen molar-refractivity contribution in [3.05, 3.63) is 78.0 Å².